The number of rotatable bonds is 3. The number of carbonyl (C=O) groups is 2. The molecule has 0 saturated carbocycles. The number of carbonyl (C=O) groups excluding carboxylic acids is 2. The highest BCUT2D eigenvalue weighted by atomic mass is 79.9. The van der Waals surface area contributed by atoms with Crippen molar-refractivity contribution in [2.45, 2.75) is 32.4 Å². The summed E-state index contributed by atoms with van der Waals surface area (Å²) in [6.07, 6.45) is 0.349. The Morgan fingerprint density at radius 3 is 2.67 bits per heavy atom. The normalized spacial score (nSPS) is 22.4. The van der Waals surface area contributed by atoms with E-state index in [0.29, 0.717) is 6.42 Å². The zero-order valence-corrected chi connectivity index (χ0v) is 13.3. The van der Waals surface area contributed by atoms with Crippen LogP contribution in [0.1, 0.15) is 25.8 Å². The van der Waals surface area contributed by atoms with Gasteiger partial charge in [0.25, 0.3) is 0 Å². The average molecular weight is 361 g/mol. The Morgan fingerprint density at radius 1 is 1.38 bits per heavy atom. The lowest BCUT2D eigenvalue weighted by molar-refractivity contribution is -0.153. The first kappa shape index (κ1) is 15.9. The third kappa shape index (κ3) is 2.66. The number of piperazine rings is 1. The Balaban J connectivity index is 2.43. The number of halogens is 3. The molecule has 0 spiro atoms. The number of nitrogens with one attached hydrogen (secondary N) is 1. The minimum atomic E-state index is -1.11. The maximum Gasteiger partial charge on any atom is 0.246 e. The van der Waals surface area contributed by atoms with Crippen molar-refractivity contribution in [3.05, 3.63) is 33.8 Å². The van der Waals surface area contributed by atoms with Crippen LogP contribution in [-0.4, -0.2) is 28.8 Å². The number of hydrogen-bond acceptors (Lipinski definition) is 2. The Hall–Kier alpha value is -1.50. The van der Waals surface area contributed by atoms with E-state index in [1.54, 1.807) is 13.8 Å². The zero-order chi connectivity index (χ0) is 15.8. The second-order valence-electron chi connectivity index (χ2n) is 5.11. The van der Waals surface area contributed by atoms with Gasteiger partial charge in [0.05, 0.1) is 17.6 Å². The van der Waals surface area contributed by atoms with Crippen molar-refractivity contribution in [1.29, 1.82) is 0 Å². The van der Waals surface area contributed by atoms with Crippen molar-refractivity contribution < 1.29 is 18.4 Å². The fourth-order valence-electron chi connectivity index (χ4n) is 2.33. The van der Waals surface area contributed by atoms with Crippen LogP contribution >= 0.6 is 15.9 Å². The van der Waals surface area contributed by atoms with E-state index >= 15 is 0 Å². The summed E-state index contributed by atoms with van der Waals surface area (Å²) in [5.74, 6) is -2.18. The van der Waals surface area contributed by atoms with Crippen LogP contribution in [-0.2, 0) is 16.1 Å². The molecule has 4 nitrogen and oxygen atoms in total. The molecule has 0 aromatic heterocycles. The maximum atomic E-state index is 14.1. The summed E-state index contributed by atoms with van der Waals surface area (Å²) in [6.45, 7) is 2.89. The molecule has 1 aromatic carbocycles. The van der Waals surface area contributed by atoms with Crippen LogP contribution in [0.25, 0.3) is 0 Å². The van der Waals surface area contributed by atoms with Gasteiger partial charge < -0.3 is 10.2 Å². The molecule has 1 N–H and O–H groups in total. The molecular formula is C14H15BrF2N2O2. The molecule has 2 rings (SSSR count). The van der Waals surface area contributed by atoms with Gasteiger partial charge in [-0.3, -0.25) is 9.59 Å². The quantitative estimate of drug-likeness (QED) is 0.841. The fraction of sp³-hybridized carbons (Fsp3) is 0.429. The van der Waals surface area contributed by atoms with Crippen LogP contribution in [0.5, 0.6) is 0 Å². The van der Waals surface area contributed by atoms with Gasteiger partial charge in [0.2, 0.25) is 11.8 Å². The third-order valence-corrected chi connectivity index (χ3v) is 4.54. The third-order valence-electron chi connectivity index (χ3n) is 3.93. The molecule has 21 heavy (non-hydrogen) atoms. The van der Waals surface area contributed by atoms with E-state index in [2.05, 4.69) is 21.2 Å². The van der Waals surface area contributed by atoms with E-state index in [-0.39, 0.29) is 34.9 Å². The SMILES string of the molecule is CCC1(C)C(=O)NCC(=O)N1Cc1c(F)ccc(Br)c1F. The molecule has 114 valence electrons. The van der Waals surface area contributed by atoms with Crippen molar-refractivity contribution in [3.63, 3.8) is 0 Å². The number of nitrogens with zero attached hydrogens (tertiary/aromatic N) is 1. The smallest absolute Gasteiger partial charge is 0.246 e. The number of hydrogen-bond donors (Lipinski definition) is 1. The number of benzene rings is 1. The van der Waals surface area contributed by atoms with E-state index < -0.39 is 17.2 Å². The molecule has 1 saturated heterocycles. The van der Waals surface area contributed by atoms with E-state index in [4.69, 9.17) is 0 Å². The lowest BCUT2D eigenvalue weighted by atomic mass is 9.92. The minimum absolute atomic E-state index is 0.117. The minimum Gasteiger partial charge on any atom is -0.345 e. The van der Waals surface area contributed by atoms with E-state index in [1.165, 1.54) is 11.0 Å². The monoisotopic (exact) mass is 360 g/mol. The predicted octanol–water partition coefficient (Wildman–Crippen LogP) is 2.35. The molecule has 1 heterocycles. The van der Waals surface area contributed by atoms with Crippen LogP contribution in [0.3, 0.4) is 0 Å². The van der Waals surface area contributed by atoms with Crippen LogP contribution in [0.4, 0.5) is 8.78 Å². The second-order valence-corrected chi connectivity index (χ2v) is 5.97. The highest BCUT2D eigenvalue weighted by Crippen LogP contribution is 2.29. The summed E-state index contributed by atoms with van der Waals surface area (Å²) < 4.78 is 28.1. The van der Waals surface area contributed by atoms with Gasteiger partial charge in [-0.25, -0.2) is 8.78 Å². The van der Waals surface area contributed by atoms with Crippen molar-refractivity contribution in [2.75, 3.05) is 6.54 Å². The van der Waals surface area contributed by atoms with Crippen molar-refractivity contribution in [2.24, 2.45) is 0 Å². The maximum absolute atomic E-state index is 14.1. The molecule has 1 aromatic rings. The van der Waals surface area contributed by atoms with E-state index in [1.807, 2.05) is 0 Å². The van der Waals surface area contributed by atoms with Gasteiger partial charge in [0.15, 0.2) is 0 Å². The molecule has 0 bridgehead atoms. The first-order valence-electron chi connectivity index (χ1n) is 6.52. The van der Waals surface area contributed by atoms with Gasteiger partial charge in [-0.1, -0.05) is 6.92 Å². The molecule has 1 atom stereocenters. The van der Waals surface area contributed by atoms with E-state index in [9.17, 15) is 18.4 Å². The molecular weight excluding hydrogens is 346 g/mol. The fourth-order valence-corrected chi connectivity index (χ4v) is 2.70. The lowest BCUT2D eigenvalue weighted by Crippen LogP contribution is -2.65. The van der Waals surface area contributed by atoms with Crippen molar-refractivity contribution >= 4 is 27.7 Å². The summed E-state index contributed by atoms with van der Waals surface area (Å²) in [7, 11) is 0. The molecule has 1 aliphatic rings. The Labute approximate surface area is 129 Å². The van der Waals surface area contributed by atoms with Gasteiger partial charge in [0, 0.05) is 5.56 Å². The Kier molecular flexibility index (Phi) is 4.32. The average Bonchev–Trinajstić information content (AvgIpc) is 2.46. The summed E-state index contributed by atoms with van der Waals surface area (Å²) in [6, 6.07) is 2.39. The molecule has 1 fully saturated rings. The van der Waals surface area contributed by atoms with Crippen molar-refractivity contribution in [1.82, 2.24) is 10.2 Å². The summed E-state index contributed by atoms with van der Waals surface area (Å²) in [4.78, 5) is 25.3. The second kappa shape index (κ2) is 5.71. The van der Waals surface area contributed by atoms with Crippen LogP contribution < -0.4 is 5.32 Å². The van der Waals surface area contributed by atoms with Crippen LogP contribution in [0.2, 0.25) is 0 Å². The Morgan fingerprint density at radius 2 is 2.05 bits per heavy atom. The molecule has 0 radical (unpaired) electrons. The largest absolute Gasteiger partial charge is 0.345 e. The highest BCUT2D eigenvalue weighted by Gasteiger charge is 2.44. The van der Waals surface area contributed by atoms with Gasteiger partial charge in [-0.05, 0) is 41.4 Å². The standard InChI is InChI=1S/C14H15BrF2N2O2/c1-3-14(2)13(21)18-6-11(20)19(14)7-8-10(16)5-4-9(15)12(8)17/h4-5H,3,6-7H2,1-2H3,(H,18,21). The predicted molar refractivity (Wildman–Crippen MR) is 76.3 cm³/mol. The lowest BCUT2D eigenvalue weighted by Gasteiger charge is -2.43. The zero-order valence-electron chi connectivity index (χ0n) is 11.7. The van der Waals surface area contributed by atoms with E-state index in [0.717, 1.165) is 6.07 Å². The molecule has 0 aliphatic carbocycles. The molecule has 7 heteroatoms. The topological polar surface area (TPSA) is 49.4 Å². The summed E-state index contributed by atoms with van der Waals surface area (Å²) in [5, 5.41) is 2.50. The summed E-state index contributed by atoms with van der Waals surface area (Å²) in [5.41, 5.74) is -1.34. The molecule has 1 aliphatic heterocycles. The van der Waals surface area contributed by atoms with Gasteiger partial charge in [-0.2, -0.15) is 0 Å². The van der Waals surface area contributed by atoms with Crippen LogP contribution in [0.15, 0.2) is 16.6 Å². The van der Waals surface area contributed by atoms with Gasteiger partial charge in [0.1, 0.15) is 17.2 Å². The number of amides is 2. The highest BCUT2D eigenvalue weighted by molar-refractivity contribution is 9.10. The molecule has 2 amide bonds. The van der Waals surface area contributed by atoms with Gasteiger partial charge in [-0.15, -0.1) is 0 Å². The molecule has 1 unspecified atom stereocenters. The first-order chi connectivity index (χ1) is 9.81. The van der Waals surface area contributed by atoms with Crippen LogP contribution in [0, 0.1) is 11.6 Å². The van der Waals surface area contributed by atoms with Crippen molar-refractivity contribution in [3.8, 4) is 0 Å². The summed E-state index contributed by atoms with van der Waals surface area (Å²) >= 11 is 2.99. The first-order valence-corrected chi connectivity index (χ1v) is 7.31. The van der Waals surface area contributed by atoms with Gasteiger partial charge >= 0.3 is 0 Å². The Bertz CT molecular complexity index is 609.